The van der Waals surface area contributed by atoms with Gasteiger partial charge in [-0.2, -0.15) is 0 Å². The molecule has 0 radical (unpaired) electrons. The Morgan fingerprint density at radius 2 is 1.77 bits per heavy atom. The molecule has 0 aliphatic rings. The zero-order chi connectivity index (χ0) is 16.3. The van der Waals surface area contributed by atoms with Crippen molar-refractivity contribution in [3.63, 3.8) is 0 Å². The van der Waals surface area contributed by atoms with Crippen LogP contribution in [0.1, 0.15) is 21.6 Å². The summed E-state index contributed by atoms with van der Waals surface area (Å²) in [5.41, 5.74) is 7.42. The Kier molecular flexibility index (Phi) is 4.62. The average Bonchev–Trinajstić information content (AvgIpc) is 2.40. The molecule has 1 aromatic carbocycles. The Morgan fingerprint density at radius 3 is 2.36 bits per heavy atom. The second-order valence-electron chi connectivity index (χ2n) is 4.75. The number of carbonyl (C=O) groups is 2. The van der Waals surface area contributed by atoms with E-state index in [9.17, 15) is 9.59 Å². The normalized spacial score (nSPS) is 10.1. The van der Waals surface area contributed by atoms with Gasteiger partial charge in [0.1, 0.15) is 5.82 Å². The summed E-state index contributed by atoms with van der Waals surface area (Å²) in [5, 5.41) is 5.73. The number of pyridine rings is 1. The molecule has 0 fully saturated rings. The maximum Gasteiger partial charge on any atom is 0.324 e. The lowest BCUT2D eigenvalue weighted by Crippen LogP contribution is -2.24. The molecule has 1 heterocycles. The van der Waals surface area contributed by atoms with Gasteiger partial charge in [0, 0.05) is 16.4 Å². The molecule has 0 unspecified atom stereocenters. The number of aryl methyl sites for hydroxylation is 2. The summed E-state index contributed by atoms with van der Waals surface area (Å²) in [7, 11) is 0. The fourth-order valence-corrected chi connectivity index (χ4v) is 2.17. The fraction of sp³-hybridized carbons (Fsp3) is 0.133. The molecule has 0 spiro atoms. The third-order valence-electron chi connectivity index (χ3n) is 2.93. The van der Waals surface area contributed by atoms with Gasteiger partial charge in [-0.15, -0.1) is 0 Å². The highest BCUT2D eigenvalue weighted by atomic mass is 35.5. The summed E-state index contributed by atoms with van der Waals surface area (Å²) in [6, 6.07) is 7.82. The zero-order valence-corrected chi connectivity index (χ0v) is 12.9. The van der Waals surface area contributed by atoms with Gasteiger partial charge in [-0.25, -0.2) is 9.78 Å². The molecular formula is C15H15ClN4O2. The largest absolute Gasteiger partial charge is 0.365 e. The number of halogens is 1. The maximum atomic E-state index is 12.0. The number of primary amides is 1. The van der Waals surface area contributed by atoms with Crippen LogP contribution < -0.4 is 16.4 Å². The van der Waals surface area contributed by atoms with Crippen molar-refractivity contribution >= 4 is 35.0 Å². The lowest BCUT2D eigenvalue weighted by Gasteiger charge is -2.12. The molecule has 2 aromatic rings. The van der Waals surface area contributed by atoms with Crippen molar-refractivity contribution in [2.45, 2.75) is 13.8 Å². The minimum Gasteiger partial charge on any atom is -0.365 e. The van der Waals surface area contributed by atoms with Crippen LogP contribution in [0.2, 0.25) is 5.02 Å². The molecule has 6 nitrogen and oxygen atoms in total. The molecule has 0 atom stereocenters. The Labute approximate surface area is 132 Å². The van der Waals surface area contributed by atoms with E-state index in [1.54, 1.807) is 44.2 Å². The Bertz CT molecular complexity index is 729. The molecule has 114 valence electrons. The number of nitrogens with zero attached hydrogens (tertiary/aromatic N) is 1. The summed E-state index contributed by atoms with van der Waals surface area (Å²) < 4.78 is 0. The molecule has 22 heavy (non-hydrogen) atoms. The van der Waals surface area contributed by atoms with Crippen LogP contribution in [0.25, 0.3) is 0 Å². The smallest absolute Gasteiger partial charge is 0.324 e. The topological polar surface area (TPSA) is 97.1 Å². The monoisotopic (exact) mass is 318 g/mol. The van der Waals surface area contributed by atoms with E-state index >= 15 is 0 Å². The molecule has 0 aliphatic carbocycles. The molecule has 3 amide bonds. The number of benzene rings is 1. The first-order valence-electron chi connectivity index (χ1n) is 6.48. The summed E-state index contributed by atoms with van der Waals surface area (Å²) >= 11 is 5.78. The van der Waals surface area contributed by atoms with E-state index < -0.39 is 11.9 Å². The number of nitrogens with one attached hydrogen (secondary N) is 2. The number of rotatable bonds is 3. The van der Waals surface area contributed by atoms with Gasteiger partial charge in [0.05, 0.1) is 5.56 Å². The number of anilines is 2. The quantitative estimate of drug-likeness (QED) is 0.811. The van der Waals surface area contributed by atoms with Gasteiger partial charge < -0.3 is 11.1 Å². The van der Waals surface area contributed by atoms with E-state index in [1.165, 1.54) is 0 Å². The van der Waals surface area contributed by atoms with Crippen molar-refractivity contribution in [2.75, 3.05) is 10.6 Å². The molecule has 0 saturated heterocycles. The van der Waals surface area contributed by atoms with Crippen LogP contribution in [0.4, 0.5) is 16.3 Å². The number of hydrogen-bond acceptors (Lipinski definition) is 3. The van der Waals surface area contributed by atoms with E-state index in [2.05, 4.69) is 15.6 Å². The minimum atomic E-state index is -0.646. The molecule has 0 aliphatic heterocycles. The summed E-state index contributed by atoms with van der Waals surface area (Å²) in [4.78, 5) is 27.7. The van der Waals surface area contributed by atoms with Crippen LogP contribution >= 0.6 is 11.6 Å². The highest BCUT2D eigenvalue weighted by Gasteiger charge is 2.16. The Morgan fingerprint density at radius 1 is 1.14 bits per heavy atom. The molecule has 2 rings (SSSR count). The number of urea groups is 1. The second-order valence-corrected chi connectivity index (χ2v) is 5.19. The van der Waals surface area contributed by atoms with Crippen LogP contribution in [-0.4, -0.2) is 16.9 Å². The van der Waals surface area contributed by atoms with Crippen molar-refractivity contribution in [1.82, 2.24) is 4.98 Å². The summed E-state index contributed by atoms with van der Waals surface area (Å²) in [6.45, 7) is 3.50. The second kappa shape index (κ2) is 6.44. The summed E-state index contributed by atoms with van der Waals surface area (Å²) in [5.74, 6) is -0.511. The van der Waals surface area contributed by atoms with Crippen molar-refractivity contribution < 1.29 is 9.59 Å². The van der Waals surface area contributed by atoms with Gasteiger partial charge in [0.25, 0.3) is 5.91 Å². The van der Waals surface area contributed by atoms with Gasteiger partial charge in [-0.3, -0.25) is 10.1 Å². The standard InChI is InChI=1S/C15H15ClN4O2/c1-8-7-9(2)18-14(12(8)13(17)21)20-15(22)19-11-5-3-10(16)4-6-11/h3-7H,1-2H3,(H2,17,21)(H2,18,19,20,22). The molecule has 7 heteroatoms. The van der Waals surface area contributed by atoms with Crippen LogP contribution in [0.5, 0.6) is 0 Å². The van der Waals surface area contributed by atoms with Gasteiger partial charge in [-0.05, 0) is 49.7 Å². The predicted octanol–water partition coefficient (Wildman–Crippen LogP) is 3.09. The minimum absolute atomic E-state index is 0.136. The third kappa shape index (κ3) is 3.73. The van der Waals surface area contributed by atoms with Crippen LogP contribution in [-0.2, 0) is 0 Å². The average molecular weight is 319 g/mol. The highest BCUT2D eigenvalue weighted by Crippen LogP contribution is 2.19. The predicted molar refractivity (Wildman–Crippen MR) is 86.3 cm³/mol. The third-order valence-corrected chi connectivity index (χ3v) is 3.18. The molecule has 0 bridgehead atoms. The van der Waals surface area contributed by atoms with E-state index in [-0.39, 0.29) is 11.4 Å². The van der Waals surface area contributed by atoms with Crippen molar-refractivity contribution in [1.29, 1.82) is 0 Å². The van der Waals surface area contributed by atoms with E-state index in [0.29, 0.717) is 22.0 Å². The van der Waals surface area contributed by atoms with Crippen molar-refractivity contribution in [3.8, 4) is 0 Å². The highest BCUT2D eigenvalue weighted by molar-refractivity contribution is 6.30. The molecule has 0 saturated carbocycles. The van der Waals surface area contributed by atoms with Gasteiger partial charge in [-0.1, -0.05) is 11.6 Å². The van der Waals surface area contributed by atoms with Crippen molar-refractivity contribution in [3.05, 3.63) is 52.2 Å². The number of amides is 3. The number of nitrogens with two attached hydrogens (primary N) is 1. The number of carbonyl (C=O) groups excluding carboxylic acids is 2. The number of hydrogen-bond donors (Lipinski definition) is 3. The summed E-state index contributed by atoms with van der Waals surface area (Å²) in [6.07, 6.45) is 0. The first kappa shape index (κ1) is 15.8. The molecule has 1 aromatic heterocycles. The van der Waals surface area contributed by atoms with E-state index in [1.807, 2.05) is 0 Å². The Balaban J connectivity index is 2.21. The first-order chi connectivity index (χ1) is 10.4. The maximum absolute atomic E-state index is 12.0. The van der Waals surface area contributed by atoms with Crippen LogP contribution in [0, 0.1) is 13.8 Å². The lowest BCUT2D eigenvalue weighted by molar-refractivity contribution is 0.100. The van der Waals surface area contributed by atoms with Crippen LogP contribution in [0.15, 0.2) is 30.3 Å². The van der Waals surface area contributed by atoms with E-state index in [4.69, 9.17) is 17.3 Å². The first-order valence-corrected chi connectivity index (χ1v) is 6.86. The van der Waals surface area contributed by atoms with Gasteiger partial charge in [0.15, 0.2) is 0 Å². The Hall–Kier alpha value is -2.60. The van der Waals surface area contributed by atoms with Gasteiger partial charge in [0.2, 0.25) is 0 Å². The lowest BCUT2D eigenvalue weighted by atomic mass is 10.1. The molecule has 4 N–H and O–H groups in total. The van der Waals surface area contributed by atoms with E-state index in [0.717, 1.165) is 0 Å². The number of aromatic nitrogens is 1. The zero-order valence-electron chi connectivity index (χ0n) is 12.1. The van der Waals surface area contributed by atoms with Crippen molar-refractivity contribution in [2.24, 2.45) is 5.73 Å². The van der Waals surface area contributed by atoms with Gasteiger partial charge >= 0.3 is 6.03 Å². The fourth-order valence-electron chi connectivity index (χ4n) is 2.04. The SMILES string of the molecule is Cc1cc(C)c(C(N)=O)c(NC(=O)Nc2ccc(Cl)cc2)n1. The van der Waals surface area contributed by atoms with Crippen LogP contribution in [0.3, 0.4) is 0 Å². The molecular weight excluding hydrogens is 304 g/mol.